The van der Waals surface area contributed by atoms with Crippen LogP contribution in [0, 0.1) is 0 Å². The van der Waals surface area contributed by atoms with Crippen molar-refractivity contribution in [2.24, 2.45) is 0 Å². The minimum absolute atomic E-state index is 0.0662. The summed E-state index contributed by atoms with van der Waals surface area (Å²) in [7, 11) is 1.74. The number of carbonyl (C=O) groups excluding carboxylic acids is 1. The molecule has 6 heteroatoms. The minimum atomic E-state index is -0.188. The third-order valence-electron chi connectivity index (χ3n) is 6.65. The number of fused-ring (bicyclic) bond motifs is 1. The van der Waals surface area contributed by atoms with Gasteiger partial charge in [-0.05, 0) is 75.4 Å². The number of benzene rings is 1. The van der Waals surface area contributed by atoms with Crippen LogP contribution in [-0.4, -0.2) is 31.0 Å². The number of piperidine rings is 1. The molecule has 2 aliphatic rings. The van der Waals surface area contributed by atoms with Gasteiger partial charge < -0.3 is 14.5 Å². The second-order valence-corrected chi connectivity index (χ2v) is 9.73. The van der Waals surface area contributed by atoms with E-state index in [1.165, 1.54) is 53.7 Å². The number of amides is 1. The normalized spacial score (nSPS) is 17.5. The molecule has 1 saturated heterocycles. The van der Waals surface area contributed by atoms with E-state index in [2.05, 4.69) is 22.3 Å². The maximum Gasteiger partial charge on any atom is 0.291 e. The fraction of sp³-hybridized carbons (Fsp3) is 0.423. The Labute approximate surface area is 193 Å². The van der Waals surface area contributed by atoms with Crippen LogP contribution >= 0.6 is 11.3 Å². The lowest BCUT2D eigenvalue weighted by Gasteiger charge is -2.36. The Morgan fingerprint density at radius 2 is 1.88 bits per heavy atom. The summed E-state index contributed by atoms with van der Waals surface area (Å²) in [5.41, 5.74) is 3.87. The van der Waals surface area contributed by atoms with Gasteiger partial charge in [0.2, 0.25) is 0 Å². The highest BCUT2D eigenvalue weighted by atomic mass is 32.1. The van der Waals surface area contributed by atoms with Crippen LogP contribution in [0.4, 0.5) is 5.00 Å². The molecule has 2 aromatic heterocycles. The van der Waals surface area contributed by atoms with Crippen molar-refractivity contribution in [2.45, 2.75) is 51.0 Å². The Bertz CT molecular complexity index is 1070. The lowest BCUT2D eigenvalue weighted by molar-refractivity contribution is 0.0996. The van der Waals surface area contributed by atoms with Crippen LogP contribution in [0.25, 0.3) is 0 Å². The number of carbonyl (C=O) groups is 1. The molecule has 1 aromatic carbocycles. The monoisotopic (exact) mass is 450 g/mol. The Kier molecular flexibility index (Phi) is 6.32. The van der Waals surface area contributed by atoms with Gasteiger partial charge in [0, 0.05) is 16.0 Å². The lowest BCUT2D eigenvalue weighted by Crippen LogP contribution is -2.35. The summed E-state index contributed by atoms with van der Waals surface area (Å²) < 4.78 is 11.2. The number of nitrogens with zero attached hydrogens (tertiary/aromatic N) is 1. The van der Waals surface area contributed by atoms with Gasteiger partial charge in [0.1, 0.15) is 10.8 Å². The first-order valence-electron chi connectivity index (χ1n) is 11.6. The molecule has 1 atom stereocenters. The van der Waals surface area contributed by atoms with E-state index in [1.807, 2.05) is 12.1 Å². The molecule has 1 aliphatic heterocycles. The van der Waals surface area contributed by atoms with Crippen molar-refractivity contribution in [2.75, 3.05) is 25.5 Å². The number of thiophene rings is 1. The number of anilines is 1. The van der Waals surface area contributed by atoms with Crippen molar-refractivity contribution in [3.05, 3.63) is 70.0 Å². The fourth-order valence-corrected chi connectivity index (χ4v) is 6.47. The smallest absolute Gasteiger partial charge is 0.291 e. The average Bonchev–Trinajstić information content (AvgIpc) is 3.49. The molecule has 1 N–H and O–H groups in total. The topological polar surface area (TPSA) is 54.7 Å². The first kappa shape index (κ1) is 21.3. The van der Waals surface area contributed by atoms with Crippen LogP contribution in [0.2, 0.25) is 0 Å². The summed E-state index contributed by atoms with van der Waals surface area (Å²) in [6.07, 6.45) is 9.78. The van der Waals surface area contributed by atoms with Crippen molar-refractivity contribution < 1.29 is 13.9 Å². The van der Waals surface area contributed by atoms with Gasteiger partial charge in [0.15, 0.2) is 5.76 Å². The largest absolute Gasteiger partial charge is 0.496 e. The van der Waals surface area contributed by atoms with Gasteiger partial charge in [-0.15, -0.1) is 11.3 Å². The van der Waals surface area contributed by atoms with Crippen molar-refractivity contribution in [1.82, 2.24) is 4.90 Å². The number of methoxy groups -OCH3 is 1. The Hall–Kier alpha value is -2.57. The number of rotatable bonds is 6. The van der Waals surface area contributed by atoms with E-state index in [9.17, 15) is 4.79 Å². The third kappa shape index (κ3) is 4.09. The maximum absolute atomic E-state index is 13.0. The van der Waals surface area contributed by atoms with Crippen LogP contribution in [0.3, 0.4) is 0 Å². The first-order chi connectivity index (χ1) is 15.8. The number of nitrogens with one attached hydrogen (secondary N) is 1. The molecule has 1 aliphatic carbocycles. The van der Waals surface area contributed by atoms with Gasteiger partial charge >= 0.3 is 0 Å². The van der Waals surface area contributed by atoms with Crippen molar-refractivity contribution >= 4 is 22.2 Å². The van der Waals surface area contributed by atoms with Crippen molar-refractivity contribution in [3.63, 3.8) is 0 Å². The number of hydrogen-bond acceptors (Lipinski definition) is 5. The molecule has 1 fully saturated rings. The Balaban J connectivity index is 1.64. The van der Waals surface area contributed by atoms with E-state index in [-0.39, 0.29) is 11.9 Å². The van der Waals surface area contributed by atoms with Gasteiger partial charge in [-0.3, -0.25) is 9.69 Å². The number of likely N-dealkylation sites (tertiary alicyclic amines) is 1. The predicted molar refractivity (Wildman–Crippen MR) is 128 cm³/mol. The number of furan rings is 1. The van der Waals surface area contributed by atoms with Crippen LogP contribution < -0.4 is 10.1 Å². The Morgan fingerprint density at radius 1 is 1.06 bits per heavy atom. The zero-order valence-electron chi connectivity index (χ0n) is 18.6. The molecule has 5 rings (SSSR count). The van der Waals surface area contributed by atoms with E-state index in [0.29, 0.717) is 5.76 Å². The molecule has 5 nitrogen and oxygen atoms in total. The van der Waals surface area contributed by atoms with Gasteiger partial charge in [-0.1, -0.05) is 24.6 Å². The highest BCUT2D eigenvalue weighted by Gasteiger charge is 2.34. The summed E-state index contributed by atoms with van der Waals surface area (Å²) in [4.78, 5) is 17.0. The van der Waals surface area contributed by atoms with Crippen LogP contribution in [0.1, 0.15) is 70.3 Å². The number of ether oxygens (including phenoxy) is 1. The predicted octanol–water partition coefficient (Wildman–Crippen LogP) is 6.06. The quantitative estimate of drug-likeness (QED) is 0.496. The molecule has 32 heavy (non-hydrogen) atoms. The lowest BCUT2D eigenvalue weighted by atomic mass is 9.87. The molecule has 1 amide bonds. The van der Waals surface area contributed by atoms with Gasteiger partial charge in [0.05, 0.1) is 19.4 Å². The molecule has 168 valence electrons. The first-order valence-corrected chi connectivity index (χ1v) is 12.4. The maximum atomic E-state index is 13.0. The van der Waals surface area contributed by atoms with Gasteiger partial charge in [-0.2, -0.15) is 0 Å². The average molecular weight is 451 g/mol. The zero-order valence-corrected chi connectivity index (χ0v) is 19.4. The van der Waals surface area contributed by atoms with Gasteiger partial charge in [0.25, 0.3) is 5.91 Å². The number of aryl methyl sites for hydroxylation is 1. The van der Waals surface area contributed by atoms with E-state index < -0.39 is 0 Å². The minimum Gasteiger partial charge on any atom is -0.496 e. The van der Waals surface area contributed by atoms with Gasteiger partial charge in [-0.25, -0.2) is 0 Å². The summed E-state index contributed by atoms with van der Waals surface area (Å²) in [5, 5.41) is 4.17. The highest BCUT2D eigenvalue weighted by molar-refractivity contribution is 7.16. The molecule has 3 heterocycles. The molecular formula is C26H30N2O3S. The molecule has 3 aromatic rings. The summed E-state index contributed by atoms with van der Waals surface area (Å²) in [6, 6.07) is 11.9. The Morgan fingerprint density at radius 3 is 2.66 bits per heavy atom. The molecule has 0 spiro atoms. The zero-order chi connectivity index (χ0) is 21.9. The van der Waals surface area contributed by atoms with Crippen molar-refractivity contribution in [3.8, 4) is 5.75 Å². The highest BCUT2D eigenvalue weighted by Crippen LogP contribution is 2.47. The van der Waals surface area contributed by atoms with Crippen LogP contribution in [-0.2, 0) is 12.8 Å². The van der Waals surface area contributed by atoms with E-state index in [4.69, 9.17) is 9.15 Å². The van der Waals surface area contributed by atoms with E-state index >= 15 is 0 Å². The summed E-state index contributed by atoms with van der Waals surface area (Å²) >= 11 is 1.75. The molecule has 0 saturated carbocycles. The standard InChI is InChI=1S/C26H30N2O3S/c1-30-20-12-5-3-10-18(20)24(28-15-7-2-8-16-28)23-19-11-4-6-14-22(19)32-26(23)27-25(29)21-13-9-17-31-21/h3,5,9-10,12-13,17,24H,2,4,6-8,11,14-16H2,1H3,(H,27,29). The third-order valence-corrected chi connectivity index (χ3v) is 7.87. The second kappa shape index (κ2) is 9.51. The summed E-state index contributed by atoms with van der Waals surface area (Å²) in [5.74, 6) is 1.06. The van der Waals surface area contributed by atoms with E-state index in [1.54, 1.807) is 36.8 Å². The molecule has 0 bridgehead atoms. The van der Waals surface area contributed by atoms with E-state index in [0.717, 1.165) is 36.7 Å². The van der Waals surface area contributed by atoms with Crippen LogP contribution in [0.5, 0.6) is 5.75 Å². The SMILES string of the molecule is COc1ccccc1C(c1c(NC(=O)c2ccco2)sc2c1CCCC2)N1CCCCC1. The van der Waals surface area contributed by atoms with Crippen LogP contribution in [0.15, 0.2) is 47.1 Å². The summed E-state index contributed by atoms with van der Waals surface area (Å²) in [6.45, 7) is 2.11. The molecule has 1 unspecified atom stereocenters. The van der Waals surface area contributed by atoms with Crippen molar-refractivity contribution in [1.29, 1.82) is 0 Å². The second-order valence-electron chi connectivity index (χ2n) is 8.63. The number of hydrogen-bond donors (Lipinski definition) is 1. The fourth-order valence-electron chi connectivity index (χ4n) is 5.15. The molecule has 0 radical (unpaired) electrons. The number of para-hydroxylation sites is 1. The molecular weight excluding hydrogens is 420 g/mol.